The van der Waals surface area contributed by atoms with Crippen LogP contribution in [0.25, 0.3) is 0 Å². The van der Waals surface area contributed by atoms with E-state index >= 15 is 0 Å². The number of aryl methyl sites for hydroxylation is 3. The fourth-order valence-electron chi connectivity index (χ4n) is 3.66. The molecule has 0 radical (unpaired) electrons. The van der Waals surface area contributed by atoms with Crippen LogP contribution in [0.2, 0.25) is 0 Å². The number of hydrogen-bond acceptors (Lipinski definition) is 4. The van der Waals surface area contributed by atoms with E-state index in [1.54, 1.807) is 67.8 Å². The molecule has 0 unspecified atom stereocenters. The third-order valence-electron chi connectivity index (χ3n) is 5.90. The second-order valence-electron chi connectivity index (χ2n) is 8.29. The van der Waals surface area contributed by atoms with Crippen molar-refractivity contribution in [2.45, 2.75) is 20.8 Å². The van der Waals surface area contributed by atoms with Crippen molar-refractivity contribution in [1.82, 2.24) is 0 Å². The Morgan fingerprint density at radius 3 is 1.53 bits per heavy atom. The number of ether oxygens (including phenoxy) is 2. The molecule has 0 saturated carbocycles. The molecule has 34 heavy (non-hydrogen) atoms. The Morgan fingerprint density at radius 2 is 1.00 bits per heavy atom. The van der Waals surface area contributed by atoms with Gasteiger partial charge in [-0.25, -0.2) is 0 Å². The van der Waals surface area contributed by atoms with Crippen LogP contribution in [0, 0.1) is 20.8 Å². The molecule has 4 heteroatoms. The van der Waals surface area contributed by atoms with Crippen molar-refractivity contribution in [3.05, 3.63) is 124 Å². The maximum atomic E-state index is 12.9. The van der Waals surface area contributed by atoms with Crippen molar-refractivity contribution < 1.29 is 19.1 Å². The summed E-state index contributed by atoms with van der Waals surface area (Å²) < 4.78 is 11.2. The van der Waals surface area contributed by atoms with Gasteiger partial charge in [0.1, 0.15) is 17.2 Å². The van der Waals surface area contributed by atoms with Crippen LogP contribution < -0.4 is 9.47 Å². The number of benzene rings is 4. The molecule has 4 aromatic rings. The lowest BCUT2D eigenvalue weighted by molar-refractivity contribution is 0.103. The molecule has 4 rings (SSSR count). The maximum Gasteiger partial charge on any atom is 0.193 e. The highest BCUT2D eigenvalue weighted by Gasteiger charge is 2.13. The maximum absolute atomic E-state index is 12.9. The van der Waals surface area contributed by atoms with Crippen molar-refractivity contribution in [3.8, 4) is 17.2 Å². The summed E-state index contributed by atoms with van der Waals surface area (Å²) in [4.78, 5) is 25.6. The van der Waals surface area contributed by atoms with E-state index in [0.717, 1.165) is 16.7 Å². The number of rotatable bonds is 7. The van der Waals surface area contributed by atoms with Gasteiger partial charge in [-0.05, 0) is 110 Å². The van der Waals surface area contributed by atoms with Gasteiger partial charge in [-0.2, -0.15) is 0 Å². The zero-order valence-electron chi connectivity index (χ0n) is 19.7. The van der Waals surface area contributed by atoms with Crippen LogP contribution in [0.15, 0.2) is 84.9 Å². The topological polar surface area (TPSA) is 52.6 Å². The molecular weight excluding hydrogens is 424 g/mol. The molecule has 0 saturated heterocycles. The molecule has 0 aliphatic heterocycles. The van der Waals surface area contributed by atoms with E-state index in [2.05, 4.69) is 0 Å². The highest BCUT2D eigenvalue weighted by molar-refractivity contribution is 6.09. The van der Waals surface area contributed by atoms with Crippen LogP contribution in [-0.4, -0.2) is 18.7 Å². The van der Waals surface area contributed by atoms with Crippen LogP contribution >= 0.6 is 0 Å². The average molecular weight is 451 g/mol. The van der Waals surface area contributed by atoms with E-state index in [0.29, 0.717) is 39.5 Å². The van der Waals surface area contributed by atoms with Crippen LogP contribution in [0.1, 0.15) is 48.5 Å². The Hall–Kier alpha value is -4.18. The van der Waals surface area contributed by atoms with Crippen molar-refractivity contribution in [2.75, 3.05) is 7.11 Å². The summed E-state index contributed by atoms with van der Waals surface area (Å²) in [5.74, 6) is 1.89. The molecule has 0 N–H and O–H groups in total. The zero-order chi connectivity index (χ0) is 24.2. The summed E-state index contributed by atoms with van der Waals surface area (Å²) in [6, 6.07) is 25.2. The molecule has 0 atom stereocenters. The van der Waals surface area contributed by atoms with Crippen molar-refractivity contribution in [2.24, 2.45) is 0 Å². The molecule has 0 aromatic heterocycles. The third kappa shape index (κ3) is 4.91. The number of methoxy groups -OCH3 is 1. The summed E-state index contributed by atoms with van der Waals surface area (Å²) in [5, 5.41) is 0. The lowest BCUT2D eigenvalue weighted by atomic mass is 9.98. The monoisotopic (exact) mass is 450 g/mol. The van der Waals surface area contributed by atoms with Gasteiger partial charge in [-0.3, -0.25) is 9.59 Å². The smallest absolute Gasteiger partial charge is 0.193 e. The standard InChI is InChI=1S/C30H26O4/c1-19-5-6-24(17-20(19)2)30(32)25-11-16-28(21(3)18-25)34-27-14-9-23(10-15-27)29(31)22-7-12-26(33-4)13-8-22/h5-18H,1-4H3. The summed E-state index contributed by atoms with van der Waals surface area (Å²) in [5.41, 5.74) is 5.57. The van der Waals surface area contributed by atoms with Gasteiger partial charge in [0.15, 0.2) is 11.6 Å². The lowest BCUT2D eigenvalue weighted by Gasteiger charge is -2.11. The summed E-state index contributed by atoms with van der Waals surface area (Å²) in [7, 11) is 1.59. The minimum Gasteiger partial charge on any atom is -0.497 e. The SMILES string of the molecule is COc1ccc(C(=O)c2ccc(Oc3ccc(C(=O)c4ccc(C)c(C)c4)cc3C)cc2)cc1. The Kier molecular flexibility index (Phi) is 6.60. The molecular formula is C30H26O4. The van der Waals surface area contributed by atoms with Crippen LogP contribution in [-0.2, 0) is 0 Å². The predicted octanol–water partition coefficient (Wildman–Crippen LogP) is 6.87. The first-order valence-corrected chi connectivity index (χ1v) is 11.0. The largest absolute Gasteiger partial charge is 0.497 e. The average Bonchev–Trinajstić information content (AvgIpc) is 2.86. The minimum atomic E-state index is -0.0698. The molecule has 0 fully saturated rings. The third-order valence-corrected chi connectivity index (χ3v) is 5.90. The first-order chi connectivity index (χ1) is 16.4. The second kappa shape index (κ2) is 9.75. The van der Waals surface area contributed by atoms with Crippen LogP contribution in [0.5, 0.6) is 17.2 Å². The highest BCUT2D eigenvalue weighted by atomic mass is 16.5. The zero-order valence-corrected chi connectivity index (χ0v) is 19.7. The summed E-state index contributed by atoms with van der Waals surface area (Å²) >= 11 is 0. The van der Waals surface area contributed by atoms with Gasteiger partial charge < -0.3 is 9.47 Å². The Balaban J connectivity index is 1.47. The van der Waals surface area contributed by atoms with E-state index in [1.807, 2.05) is 45.0 Å². The van der Waals surface area contributed by atoms with Crippen molar-refractivity contribution in [1.29, 1.82) is 0 Å². The first kappa shape index (κ1) is 23.0. The molecule has 170 valence electrons. The van der Waals surface area contributed by atoms with Gasteiger partial charge in [0.05, 0.1) is 7.11 Å². The van der Waals surface area contributed by atoms with E-state index in [-0.39, 0.29) is 11.6 Å². The van der Waals surface area contributed by atoms with E-state index < -0.39 is 0 Å². The molecule has 4 aromatic carbocycles. The molecule has 0 bridgehead atoms. The molecule has 4 nitrogen and oxygen atoms in total. The Bertz CT molecular complexity index is 1350. The number of carbonyl (C=O) groups excluding carboxylic acids is 2. The van der Waals surface area contributed by atoms with Crippen molar-refractivity contribution in [3.63, 3.8) is 0 Å². The number of ketones is 2. The molecule has 0 aliphatic carbocycles. The molecule has 0 amide bonds. The van der Waals surface area contributed by atoms with Gasteiger partial charge in [0, 0.05) is 22.3 Å². The summed E-state index contributed by atoms with van der Waals surface area (Å²) in [6.07, 6.45) is 0. The molecule has 0 aliphatic rings. The van der Waals surface area contributed by atoms with Gasteiger partial charge in [-0.15, -0.1) is 0 Å². The fraction of sp³-hybridized carbons (Fsp3) is 0.133. The van der Waals surface area contributed by atoms with Crippen LogP contribution in [0.4, 0.5) is 0 Å². The molecule has 0 heterocycles. The van der Waals surface area contributed by atoms with E-state index in [4.69, 9.17) is 9.47 Å². The minimum absolute atomic E-state index is 0.0147. The Morgan fingerprint density at radius 1 is 0.529 bits per heavy atom. The van der Waals surface area contributed by atoms with E-state index in [1.165, 1.54) is 0 Å². The lowest BCUT2D eigenvalue weighted by Crippen LogP contribution is -2.03. The highest BCUT2D eigenvalue weighted by Crippen LogP contribution is 2.27. The first-order valence-electron chi connectivity index (χ1n) is 11.0. The summed E-state index contributed by atoms with van der Waals surface area (Å²) in [6.45, 7) is 5.94. The van der Waals surface area contributed by atoms with Gasteiger partial charge >= 0.3 is 0 Å². The number of carbonyl (C=O) groups is 2. The van der Waals surface area contributed by atoms with Gasteiger partial charge in [-0.1, -0.05) is 12.1 Å². The van der Waals surface area contributed by atoms with Gasteiger partial charge in [0.25, 0.3) is 0 Å². The van der Waals surface area contributed by atoms with Crippen LogP contribution in [0.3, 0.4) is 0 Å². The normalized spacial score (nSPS) is 10.6. The Labute approximate surface area is 199 Å². The van der Waals surface area contributed by atoms with Crippen molar-refractivity contribution >= 4 is 11.6 Å². The quantitative estimate of drug-likeness (QED) is 0.288. The second-order valence-corrected chi connectivity index (χ2v) is 8.29. The fourth-order valence-corrected chi connectivity index (χ4v) is 3.66. The predicted molar refractivity (Wildman–Crippen MR) is 133 cm³/mol. The number of hydrogen-bond donors (Lipinski definition) is 0. The van der Waals surface area contributed by atoms with E-state index in [9.17, 15) is 9.59 Å². The molecule has 0 spiro atoms. The van der Waals surface area contributed by atoms with Gasteiger partial charge in [0.2, 0.25) is 0 Å².